The summed E-state index contributed by atoms with van der Waals surface area (Å²) in [6.45, 7) is -1.06. The van der Waals surface area contributed by atoms with Gasteiger partial charge in [-0.25, -0.2) is 16.8 Å². The molecular weight excluding hydrogens is 625 g/mol. The number of aliphatic hydroxyl groups is 1. The van der Waals surface area contributed by atoms with Crippen LogP contribution in [0, 0.1) is 0 Å². The zero-order chi connectivity index (χ0) is 32.3. The Hall–Kier alpha value is -4.46. The van der Waals surface area contributed by atoms with Crippen LogP contribution in [0.5, 0.6) is 0 Å². The van der Waals surface area contributed by atoms with Gasteiger partial charge in [-0.05, 0) is 41.0 Å². The molecule has 1 aliphatic rings. The van der Waals surface area contributed by atoms with Gasteiger partial charge >= 0.3 is 0 Å². The predicted octanol–water partition coefficient (Wildman–Crippen LogP) is 3.82. The van der Waals surface area contributed by atoms with Gasteiger partial charge < -0.3 is 10.4 Å². The molecule has 0 bridgehead atoms. The van der Waals surface area contributed by atoms with Gasteiger partial charge in [-0.1, -0.05) is 91.0 Å². The third-order valence-electron chi connectivity index (χ3n) is 8.03. The monoisotopic (exact) mass is 656 g/mol. The standard InChI is InChI=1S/C34H32N4O6S2/c39-31(27-11-5-2-6-12-27)23-36-34(40)30-24-37(45(41,42)29-18-16-26(17-19-29)25-9-3-1-4-10-25)21-22-38(30)46(43,44)32-15-7-13-28-14-8-20-35-33(28)32/h1-20,30-31,39H,21-24H2,(H,36,40). The number of pyridine rings is 1. The van der Waals surface area contributed by atoms with Gasteiger partial charge in [-0.3, -0.25) is 9.78 Å². The molecule has 1 amide bonds. The molecule has 0 spiro atoms. The smallest absolute Gasteiger partial charge is 0.246 e. The molecule has 1 fully saturated rings. The Kier molecular flexibility index (Phi) is 8.98. The quantitative estimate of drug-likeness (QED) is 0.246. The second kappa shape index (κ2) is 13.1. The predicted molar refractivity (Wildman–Crippen MR) is 174 cm³/mol. The molecule has 2 heterocycles. The fourth-order valence-electron chi connectivity index (χ4n) is 5.58. The minimum atomic E-state index is -4.32. The highest BCUT2D eigenvalue weighted by Crippen LogP contribution is 2.30. The van der Waals surface area contributed by atoms with E-state index in [9.17, 15) is 26.7 Å². The van der Waals surface area contributed by atoms with E-state index in [1.54, 1.807) is 66.7 Å². The van der Waals surface area contributed by atoms with Crippen LogP contribution in [-0.4, -0.2) is 73.7 Å². The lowest BCUT2D eigenvalue weighted by molar-refractivity contribution is -0.126. The molecule has 236 valence electrons. The number of piperazine rings is 1. The van der Waals surface area contributed by atoms with Crippen molar-refractivity contribution in [3.63, 3.8) is 0 Å². The van der Waals surface area contributed by atoms with Crippen LogP contribution in [0.2, 0.25) is 0 Å². The number of carbonyl (C=O) groups excluding carboxylic acids is 1. The molecule has 46 heavy (non-hydrogen) atoms. The third-order valence-corrected chi connectivity index (χ3v) is 11.9. The first-order chi connectivity index (χ1) is 22.2. The Labute approximate surface area is 268 Å². The van der Waals surface area contributed by atoms with Gasteiger partial charge in [0, 0.05) is 37.8 Å². The van der Waals surface area contributed by atoms with Crippen LogP contribution in [0.15, 0.2) is 131 Å². The number of benzene rings is 4. The molecular formula is C34H32N4O6S2. The summed E-state index contributed by atoms with van der Waals surface area (Å²) in [7, 11) is -8.42. The molecule has 2 atom stereocenters. The van der Waals surface area contributed by atoms with Gasteiger partial charge in [0.25, 0.3) is 0 Å². The van der Waals surface area contributed by atoms with Crippen molar-refractivity contribution >= 4 is 36.9 Å². The van der Waals surface area contributed by atoms with Gasteiger partial charge in [0.05, 0.1) is 16.5 Å². The van der Waals surface area contributed by atoms with E-state index in [2.05, 4.69) is 10.3 Å². The second-order valence-electron chi connectivity index (χ2n) is 10.9. The molecule has 5 aromatic rings. The molecule has 10 nitrogen and oxygen atoms in total. The first-order valence-corrected chi connectivity index (χ1v) is 17.6. The normalized spacial score (nSPS) is 17.0. The lowest BCUT2D eigenvalue weighted by Crippen LogP contribution is -2.61. The highest BCUT2D eigenvalue weighted by atomic mass is 32.2. The molecule has 1 saturated heterocycles. The highest BCUT2D eigenvalue weighted by Gasteiger charge is 2.44. The van der Waals surface area contributed by atoms with Crippen molar-refractivity contribution in [3.05, 3.63) is 127 Å². The number of para-hydroxylation sites is 1. The second-order valence-corrected chi connectivity index (χ2v) is 14.7. The topological polar surface area (TPSA) is 137 Å². The molecule has 4 aromatic carbocycles. The Balaban J connectivity index is 1.30. The zero-order valence-electron chi connectivity index (χ0n) is 24.7. The van der Waals surface area contributed by atoms with Crippen molar-refractivity contribution in [2.75, 3.05) is 26.2 Å². The Bertz CT molecular complexity index is 2050. The molecule has 6 rings (SSSR count). The van der Waals surface area contributed by atoms with Crippen LogP contribution in [0.3, 0.4) is 0 Å². The number of aromatic nitrogens is 1. The van der Waals surface area contributed by atoms with Crippen LogP contribution >= 0.6 is 0 Å². The fraction of sp³-hybridized carbons (Fsp3) is 0.176. The molecule has 0 aliphatic carbocycles. The van der Waals surface area contributed by atoms with Gasteiger partial charge in [0.15, 0.2) is 0 Å². The lowest BCUT2D eigenvalue weighted by atomic mass is 10.1. The number of hydrogen-bond donors (Lipinski definition) is 2. The molecule has 2 N–H and O–H groups in total. The van der Waals surface area contributed by atoms with Crippen molar-refractivity contribution in [2.24, 2.45) is 0 Å². The van der Waals surface area contributed by atoms with Gasteiger partial charge in [-0.15, -0.1) is 0 Å². The van der Waals surface area contributed by atoms with Crippen molar-refractivity contribution in [1.29, 1.82) is 0 Å². The number of aliphatic hydroxyl groups excluding tert-OH is 1. The van der Waals surface area contributed by atoms with Crippen LogP contribution < -0.4 is 5.32 Å². The summed E-state index contributed by atoms with van der Waals surface area (Å²) in [6.07, 6.45) is 0.438. The van der Waals surface area contributed by atoms with E-state index in [0.717, 1.165) is 19.7 Å². The molecule has 0 radical (unpaired) electrons. The number of amides is 1. The summed E-state index contributed by atoms with van der Waals surface area (Å²) in [5.74, 6) is -0.730. The van der Waals surface area contributed by atoms with Crippen molar-refractivity contribution in [3.8, 4) is 11.1 Å². The minimum absolute atomic E-state index is 0.0281. The van der Waals surface area contributed by atoms with E-state index in [0.29, 0.717) is 10.9 Å². The summed E-state index contributed by atoms with van der Waals surface area (Å²) in [6, 6.07) is 31.5. The first kappa shape index (κ1) is 31.5. The molecule has 0 saturated carbocycles. The van der Waals surface area contributed by atoms with Crippen LogP contribution in [0.4, 0.5) is 0 Å². The van der Waals surface area contributed by atoms with Crippen molar-refractivity contribution in [1.82, 2.24) is 18.9 Å². The van der Waals surface area contributed by atoms with Gasteiger partial charge in [-0.2, -0.15) is 8.61 Å². The Morgan fingerprint density at radius 1 is 0.783 bits per heavy atom. The molecule has 1 aliphatic heterocycles. The number of carbonyl (C=O) groups is 1. The van der Waals surface area contributed by atoms with Crippen LogP contribution in [-0.2, 0) is 24.8 Å². The maximum Gasteiger partial charge on any atom is 0.246 e. The van der Waals surface area contributed by atoms with E-state index >= 15 is 0 Å². The summed E-state index contributed by atoms with van der Waals surface area (Å²) in [4.78, 5) is 18.0. The summed E-state index contributed by atoms with van der Waals surface area (Å²) in [5.41, 5.74) is 2.59. The Morgan fingerprint density at radius 3 is 2.15 bits per heavy atom. The summed E-state index contributed by atoms with van der Waals surface area (Å²) < 4.78 is 58.2. The van der Waals surface area contributed by atoms with E-state index < -0.39 is 44.6 Å². The lowest BCUT2D eigenvalue weighted by Gasteiger charge is -2.39. The van der Waals surface area contributed by atoms with Crippen LogP contribution in [0.25, 0.3) is 22.0 Å². The maximum absolute atomic E-state index is 14.2. The SMILES string of the molecule is O=C(NCC(O)c1ccccc1)C1CN(S(=O)(=O)c2ccc(-c3ccccc3)cc2)CCN1S(=O)(=O)c1cccc2cccnc12. The van der Waals surface area contributed by atoms with Crippen LogP contribution in [0.1, 0.15) is 11.7 Å². The Morgan fingerprint density at radius 2 is 1.43 bits per heavy atom. The number of rotatable bonds is 9. The average Bonchev–Trinajstić information content (AvgIpc) is 3.10. The highest BCUT2D eigenvalue weighted by molar-refractivity contribution is 7.89. The number of hydrogen-bond acceptors (Lipinski definition) is 7. The molecule has 2 unspecified atom stereocenters. The van der Waals surface area contributed by atoms with E-state index in [-0.39, 0.29) is 34.9 Å². The fourth-order valence-corrected chi connectivity index (χ4v) is 8.75. The zero-order valence-corrected chi connectivity index (χ0v) is 26.3. The van der Waals surface area contributed by atoms with E-state index in [4.69, 9.17) is 0 Å². The summed E-state index contributed by atoms with van der Waals surface area (Å²) >= 11 is 0. The summed E-state index contributed by atoms with van der Waals surface area (Å²) in [5, 5.41) is 13.9. The number of nitrogens with zero attached hydrogens (tertiary/aromatic N) is 3. The largest absolute Gasteiger partial charge is 0.387 e. The minimum Gasteiger partial charge on any atom is -0.387 e. The number of fused-ring (bicyclic) bond motifs is 1. The van der Waals surface area contributed by atoms with Gasteiger partial charge in [0.2, 0.25) is 26.0 Å². The van der Waals surface area contributed by atoms with Crippen molar-refractivity contribution < 1.29 is 26.7 Å². The van der Waals surface area contributed by atoms with Crippen molar-refractivity contribution in [2.45, 2.75) is 21.9 Å². The third kappa shape index (κ3) is 6.30. The number of sulfonamides is 2. The maximum atomic E-state index is 14.2. The molecule has 1 aromatic heterocycles. The van der Waals surface area contributed by atoms with E-state index in [1.807, 2.05) is 30.3 Å². The average molecular weight is 657 g/mol. The van der Waals surface area contributed by atoms with Gasteiger partial charge in [0.1, 0.15) is 10.9 Å². The van der Waals surface area contributed by atoms with E-state index in [1.165, 1.54) is 24.4 Å². The number of nitrogens with one attached hydrogen (secondary N) is 1. The first-order valence-electron chi connectivity index (χ1n) is 14.7. The molecule has 12 heteroatoms.